The molecule has 0 N–H and O–H groups in total. The summed E-state index contributed by atoms with van der Waals surface area (Å²) in [5.74, 6) is -0.214. The predicted octanol–water partition coefficient (Wildman–Crippen LogP) is 7.03. The van der Waals surface area contributed by atoms with Crippen LogP contribution in [-0.2, 0) is 13.0 Å². The standard InChI is InChI=1S/C29H31FN4/c1-7-8-24-15-25-20(5)31-28-27(26-18(3)13-17(2)14-19(26)4)21(6)32-34(28)29(25)33(24)16-22-9-11-23(30)12-10-22/h9-15H,7-8,16H2,1-6H3. The first kappa shape index (κ1) is 22.3. The van der Waals surface area contributed by atoms with Crippen molar-refractivity contribution in [1.29, 1.82) is 0 Å². The van der Waals surface area contributed by atoms with Gasteiger partial charge in [-0.3, -0.25) is 0 Å². The molecule has 5 heteroatoms. The lowest BCUT2D eigenvalue weighted by Crippen LogP contribution is -2.08. The van der Waals surface area contributed by atoms with Crippen LogP contribution in [0.4, 0.5) is 4.39 Å². The molecule has 0 spiro atoms. The minimum atomic E-state index is -0.214. The Morgan fingerprint density at radius 3 is 2.18 bits per heavy atom. The molecule has 4 nitrogen and oxygen atoms in total. The molecule has 3 aromatic heterocycles. The molecule has 34 heavy (non-hydrogen) atoms. The first-order valence-electron chi connectivity index (χ1n) is 12.0. The summed E-state index contributed by atoms with van der Waals surface area (Å²) in [6, 6.07) is 13.5. The van der Waals surface area contributed by atoms with Crippen molar-refractivity contribution in [3.8, 4) is 11.1 Å². The zero-order valence-electron chi connectivity index (χ0n) is 20.8. The lowest BCUT2D eigenvalue weighted by Gasteiger charge is -2.13. The van der Waals surface area contributed by atoms with Crippen molar-refractivity contribution < 1.29 is 4.39 Å². The highest BCUT2D eigenvalue weighted by Crippen LogP contribution is 2.36. The Morgan fingerprint density at radius 2 is 1.53 bits per heavy atom. The van der Waals surface area contributed by atoms with Gasteiger partial charge in [-0.25, -0.2) is 9.37 Å². The second kappa shape index (κ2) is 8.39. The van der Waals surface area contributed by atoms with Crippen molar-refractivity contribution in [3.63, 3.8) is 0 Å². The number of aromatic nitrogens is 4. The zero-order chi connectivity index (χ0) is 24.1. The summed E-state index contributed by atoms with van der Waals surface area (Å²) in [5, 5.41) is 6.14. The molecule has 0 aliphatic heterocycles. The van der Waals surface area contributed by atoms with E-state index >= 15 is 0 Å². The van der Waals surface area contributed by atoms with E-state index in [2.05, 4.69) is 64.3 Å². The molecule has 0 amide bonds. The molecule has 5 aromatic rings. The van der Waals surface area contributed by atoms with Crippen LogP contribution >= 0.6 is 0 Å². The van der Waals surface area contributed by atoms with E-state index < -0.39 is 0 Å². The number of fused-ring (bicyclic) bond motifs is 3. The second-order valence-electron chi connectivity index (χ2n) is 9.50. The van der Waals surface area contributed by atoms with Gasteiger partial charge in [0.25, 0.3) is 0 Å². The zero-order valence-corrected chi connectivity index (χ0v) is 20.8. The van der Waals surface area contributed by atoms with Crippen LogP contribution in [0.25, 0.3) is 27.8 Å². The minimum absolute atomic E-state index is 0.214. The number of nitrogens with zero attached hydrogens (tertiary/aromatic N) is 4. The Bertz CT molecular complexity index is 1510. The average Bonchev–Trinajstić information content (AvgIpc) is 3.28. The molecule has 174 valence electrons. The van der Waals surface area contributed by atoms with Gasteiger partial charge >= 0.3 is 0 Å². The number of hydrogen-bond acceptors (Lipinski definition) is 2. The summed E-state index contributed by atoms with van der Waals surface area (Å²) >= 11 is 0. The van der Waals surface area contributed by atoms with E-state index in [1.54, 1.807) is 0 Å². The highest BCUT2D eigenvalue weighted by atomic mass is 19.1. The minimum Gasteiger partial charge on any atom is -0.325 e. The van der Waals surface area contributed by atoms with Crippen LogP contribution in [0, 0.1) is 40.4 Å². The van der Waals surface area contributed by atoms with Crippen LogP contribution in [0.1, 0.15) is 52.7 Å². The van der Waals surface area contributed by atoms with Crippen molar-refractivity contribution in [2.45, 2.75) is 60.9 Å². The molecule has 0 bridgehead atoms. The molecule has 0 aliphatic rings. The number of benzene rings is 2. The lowest BCUT2D eigenvalue weighted by atomic mass is 9.94. The van der Waals surface area contributed by atoms with Crippen molar-refractivity contribution in [2.75, 3.05) is 0 Å². The van der Waals surface area contributed by atoms with Gasteiger partial charge in [0.15, 0.2) is 5.65 Å². The summed E-state index contributed by atoms with van der Waals surface area (Å²) in [6.07, 6.45) is 2.00. The maximum atomic E-state index is 13.5. The van der Waals surface area contributed by atoms with Gasteiger partial charge in [0, 0.05) is 17.6 Å². The SMILES string of the molecule is CCCc1cc2c(C)nc3c(-c4c(C)cc(C)cc4C)c(C)nn3c2n1Cc1ccc(F)cc1. The monoisotopic (exact) mass is 454 g/mol. The Balaban J connectivity index is 1.82. The van der Waals surface area contributed by atoms with E-state index in [-0.39, 0.29) is 5.82 Å². The van der Waals surface area contributed by atoms with Gasteiger partial charge in [-0.2, -0.15) is 9.61 Å². The Labute approximate surface area is 200 Å². The highest BCUT2D eigenvalue weighted by Gasteiger charge is 2.22. The molecule has 0 atom stereocenters. The number of hydrogen-bond donors (Lipinski definition) is 0. The Kier molecular flexibility index (Phi) is 5.51. The van der Waals surface area contributed by atoms with Gasteiger partial charge in [-0.05, 0) is 81.5 Å². The first-order valence-corrected chi connectivity index (χ1v) is 12.0. The molecule has 0 unspecified atom stereocenters. The van der Waals surface area contributed by atoms with E-state index in [4.69, 9.17) is 10.1 Å². The maximum absolute atomic E-state index is 13.5. The lowest BCUT2D eigenvalue weighted by molar-refractivity contribution is 0.626. The molecule has 0 radical (unpaired) electrons. The van der Waals surface area contributed by atoms with Crippen LogP contribution in [0.5, 0.6) is 0 Å². The quantitative estimate of drug-likeness (QED) is 0.286. The molecule has 0 fully saturated rings. The molecular weight excluding hydrogens is 423 g/mol. The van der Waals surface area contributed by atoms with Crippen molar-refractivity contribution >= 4 is 16.7 Å². The van der Waals surface area contributed by atoms with Crippen LogP contribution in [0.15, 0.2) is 42.5 Å². The van der Waals surface area contributed by atoms with Crippen molar-refractivity contribution in [3.05, 3.63) is 87.6 Å². The second-order valence-corrected chi connectivity index (χ2v) is 9.50. The normalized spacial score (nSPS) is 11.7. The maximum Gasteiger partial charge on any atom is 0.165 e. The van der Waals surface area contributed by atoms with Crippen molar-refractivity contribution in [2.24, 2.45) is 0 Å². The van der Waals surface area contributed by atoms with E-state index in [1.165, 1.54) is 40.1 Å². The third-order valence-corrected chi connectivity index (χ3v) is 6.74. The molecule has 0 aliphatic carbocycles. The van der Waals surface area contributed by atoms with Gasteiger partial charge in [0.1, 0.15) is 11.5 Å². The number of halogens is 1. The summed E-state index contributed by atoms with van der Waals surface area (Å²) in [4.78, 5) is 5.08. The first-order chi connectivity index (χ1) is 16.3. The van der Waals surface area contributed by atoms with Crippen molar-refractivity contribution in [1.82, 2.24) is 19.2 Å². The van der Waals surface area contributed by atoms with E-state index in [0.717, 1.165) is 52.0 Å². The van der Waals surface area contributed by atoms with Gasteiger partial charge in [-0.1, -0.05) is 43.2 Å². The smallest absolute Gasteiger partial charge is 0.165 e. The molecule has 0 saturated heterocycles. The van der Waals surface area contributed by atoms with E-state index in [0.29, 0.717) is 6.54 Å². The van der Waals surface area contributed by atoms with Crippen LogP contribution in [0.2, 0.25) is 0 Å². The molecule has 0 saturated carbocycles. The summed E-state index contributed by atoms with van der Waals surface area (Å²) < 4.78 is 17.9. The third kappa shape index (κ3) is 3.60. The fourth-order valence-electron chi connectivity index (χ4n) is 5.35. The van der Waals surface area contributed by atoms with Gasteiger partial charge in [0.05, 0.1) is 17.0 Å². The fraction of sp³-hybridized carbons (Fsp3) is 0.310. The molecular formula is C29H31FN4. The summed E-state index contributed by atoms with van der Waals surface area (Å²) in [6.45, 7) is 13.5. The van der Waals surface area contributed by atoms with Gasteiger partial charge in [-0.15, -0.1) is 0 Å². The molecule has 5 rings (SSSR count). The highest BCUT2D eigenvalue weighted by molar-refractivity contribution is 5.90. The van der Waals surface area contributed by atoms with Gasteiger partial charge < -0.3 is 4.57 Å². The van der Waals surface area contributed by atoms with Crippen LogP contribution in [-0.4, -0.2) is 19.2 Å². The predicted molar refractivity (Wildman–Crippen MR) is 137 cm³/mol. The van der Waals surface area contributed by atoms with Crippen LogP contribution in [0.3, 0.4) is 0 Å². The summed E-state index contributed by atoms with van der Waals surface area (Å²) in [5.41, 5.74) is 12.3. The van der Waals surface area contributed by atoms with E-state index in [1.807, 2.05) is 16.6 Å². The van der Waals surface area contributed by atoms with E-state index in [9.17, 15) is 4.39 Å². The average molecular weight is 455 g/mol. The Morgan fingerprint density at radius 1 is 0.853 bits per heavy atom. The third-order valence-electron chi connectivity index (χ3n) is 6.74. The summed E-state index contributed by atoms with van der Waals surface area (Å²) in [7, 11) is 0. The largest absolute Gasteiger partial charge is 0.325 e. The van der Waals surface area contributed by atoms with Gasteiger partial charge in [0.2, 0.25) is 0 Å². The fourth-order valence-corrected chi connectivity index (χ4v) is 5.35. The number of aryl methyl sites for hydroxylation is 6. The topological polar surface area (TPSA) is 35.1 Å². The molecule has 2 aromatic carbocycles. The number of rotatable bonds is 5. The molecule has 3 heterocycles. The Hall–Kier alpha value is -3.47. The van der Waals surface area contributed by atoms with Crippen LogP contribution < -0.4 is 0 Å².